The van der Waals surface area contributed by atoms with Crippen molar-refractivity contribution in [2.24, 2.45) is 0 Å². The van der Waals surface area contributed by atoms with Crippen LogP contribution in [0.15, 0.2) is 121 Å². The van der Waals surface area contributed by atoms with E-state index >= 15 is 0 Å². The van der Waals surface area contributed by atoms with E-state index < -0.39 is 0 Å². The van der Waals surface area contributed by atoms with Crippen LogP contribution in [0.4, 0.5) is 0 Å². The average Bonchev–Trinajstić information content (AvgIpc) is 3.83. The van der Waals surface area contributed by atoms with Gasteiger partial charge in [-0.2, -0.15) is 22.7 Å². The van der Waals surface area contributed by atoms with Crippen molar-refractivity contribution in [2.75, 3.05) is 0 Å². The van der Waals surface area contributed by atoms with Crippen LogP contribution in [0.2, 0.25) is 0 Å². The van der Waals surface area contributed by atoms with Gasteiger partial charge in [0.15, 0.2) is 0 Å². The number of hydrogen-bond acceptors (Lipinski definition) is 2. The number of benzene rings is 4. The summed E-state index contributed by atoms with van der Waals surface area (Å²) in [6, 6.07) is 44.6. The molecule has 0 N–H and O–H groups in total. The second-order valence-corrected chi connectivity index (χ2v) is 13.4. The van der Waals surface area contributed by atoms with Crippen molar-refractivity contribution in [2.45, 2.75) is 39.5 Å². The van der Waals surface area contributed by atoms with Gasteiger partial charge in [-0.05, 0) is 43.1 Å². The summed E-state index contributed by atoms with van der Waals surface area (Å²) in [6.07, 6.45) is 4.81. The smallest absolute Gasteiger partial charge is 1.00 e. The largest absolute Gasteiger partial charge is 4.00 e. The zero-order chi connectivity index (χ0) is 28.5. The molecule has 0 fully saturated rings. The monoisotopic (exact) mass is 828 g/mol. The Labute approximate surface area is 305 Å². The summed E-state index contributed by atoms with van der Waals surface area (Å²) in [5.41, 5.74) is 2.71. The Morgan fingerprint density at radius 3 is 1.33 bits per heavy atom. The van der Waals surface area contributed by atoms with Gasteiger partial charge in [-0.15, -0.1) is 69.1 Å². The summed E-state index contributed by atoms with van der Waals surface area (Å²) in [7, 11) is 0. The molecule has 5 heteroatoms. The molecule has 45 heavy (non-hydrogen) atoms. The van der Waals surface area contributed by atoms with E-state index in [0.717, 1.165) is 0 Å². The van der Waals surface area contributed by atoms with Crippen LogP contribution in [-0.2, 0) is 38.7 Å². The molecule has 6 aromatic carbocycles. The van der Waals surface area contributed by atoms with Gasteiger partial charge in [0, 0.05) is 0 Å². The Morgan fingerprint density at radius 1 is 0.489 bits per heavy atom. The first kappa shape index (κ1) is 35.3. The van der Waals surface area contributed by atoms with E-state index in [2.05, 4.69) is 135 Å². The summed E-state index contributed by atoms with van der Waals surface area (Å²) in [5, 5.41) is 10.8. The third kappa shape index (κ3) is 7.39. The molecule has 0 bridgehead atoms. The van der Waals surface area contributed by atoms with Crippen LogP contribution in [0, 0.1) is 0 Å². The molecule has 2 heterocycles. The Hall–Kier alpha value is -2.53. The zero-order valence-electron chi connectivity index (χ0n) is 25.4. The normalized spacial score (nSPS) is 10.7. The predicted octanol–water partition coefficient (Wildman–Crippen LogP) is 6.79. The SMILES string of the molecule is CCCc1ccc(-c2cc3c(ccc4ccccc43)[cH-]2)s1.CCCc1ccc(-c2cc3c(ccc4ccccc43)[cH-]2)s1.[Cl-].[Cl-].[Hf+4]. The molecule has 0 saturated carbocycles. The first-order valence-electron chi connectivity index (χ1n) is 15.0. The summed E-state index contributed by atoms with van der Waals surface area (Å²) >= 11 is 3.86. The molecule has 8 aromatic rings. The Kier molecular flexibility index (Phi) is 12.4. The number of hydrogen-bond donors (Lipinski definition) is 0. The van der Waals surface area contributed by atoms with Gasteiger partial charge in [0.05, 0.1) is 0 Å². The van der Waals surface area contributed by atoms with E-state index in [1.165, 1.54) is 99.4 Å². The Balaban J connectivity index is 0.000000192. The van der Waals surface area contributed by atoms with E-state index in [1.807, 2.05) is 22.7 Å². The van der Waals surface area contributed by atoms with Crippen LogP contribution >= 0.6 is 22.7 Å². The predicted molar refractivity (Wildman–Crippen MR) is 189 cm³/mol. The summed E-state index contributed by atoms with van der Waals surface area (Å²) in [5.74, 6) is 0. The fourth-order valence-electron chi connectivity index (χ4n) is 6.04. The molecule has 0 aliphatic carbocycles. The minimum absolute atomic E-state index is 0. The molecule has 0 unspecified atom stereocenters. The first-order valence-corrected chi connectivity index (χ1v) is 16.7. The minimum atomic E-state index is 0. The van der Waals surface area contributed by atoms with Gasteiger partial charge in [-0.25, -0.2) is 0 Å². The van der Waals surface area contributed by atoms with Crippen molar-refractivity contribution in [3.05, 3.63) is 131 Å². The van der Waals surface area contributed by atoms with Crippen LogP contribution < -0.4 is 24.8 Å². The maximum atomic E-state index is 2.35. The van der Waals surface area contributed by atoms with Crippen LogP contribution in [0.3, 0.4) is 0 Å². The average molecular weight is 828 g/mol. The Morgan fingerprint density at radius 2 is 0.911 bits per heavy atom. The van der Waals surface area contributed by atoms with Gasteiger partial charge in [0.1, 0.15) is 0 Å². The summed E-state index contributed by atoms with van der Waals surface area (Å²) in [6.45, 7) is 4.48. The van der Waals surface area contributed by atoms with Crippen molar-refractivity contribution >= 4 is 65.8 Å². The molecule has 0 aliphatic rings. The van der Waals surface area contributed by atoms with Crippen LogP contribution in [0.1, 0.15) is 36.4 Å². The number of aryl methyl sites for hydroxylation is 2. The molecule has 2 aromatic heterocycles. The van der Waals surface area contributed by atoms with Gasteiger partial charge in [-0.1, -0.05) is 122 Å². The molecular weight excluding hydrogens is 794 g/mol. The van der Waals surface area contributed by atoms with Crippen molar-refractivity contribution in [3.8, 4) is 20.9 Å². The quantitative estimate of drug-likeness (QED) is 0.128. The molecule has 0 spiro atoms. The van der Waals surface area contributed by atoms with E-state index in [-0.39, 0.29) is 50.7 Å². The van der Waals surface area contributed by atoms with Crippen molar-refractivity contribution in [3.63, 3.8) is 0 Å². The second-order valence-electron chi connectivity index (χ2n) is 11.1. The molecule has 0 saturated heterocycles. The van der Waals surface area contributed by atoms with Crippen molar-refractivity contribution in [1.82, 2.24) is 0 Å². The van der Waals surface area contributed by atoms with Gasteiger partial charge in [0.25, 0.3) is 0 Å². The van der Waals surface area contributed by atoms with Crippen LogP contribution in [-0.4, -0.2) is 0 Å². The number of halogens is 2. The Bertz CT molecular complexity index is 1990. The molecule has 0 atom stereocenters. The number of fused-ring (bicyclic) bond motifs is 6. The zero-order valence-corrected chi connectivity index (χ0v) is 32.2. The van der Waals surface area contributed by atoms with Crippen molar-refractivity contribution < 1.29 is 50.7 Å². The fraction of sp³-hybridized carbons (Fsp3) is 0.150. The molecule has 0 amide bonds. The van der Waals surface area contributed by atoms with Gasteiger partial charge in [0.2, 0.25) is 0 Å². The van der Waals surface area contributed by atoms with E-state index in [0.29, 0.717) is 0 Å². The van der Waals surface area contributed by atoms with Gasteiger partial charge < -0.3 is 24.8 Å². The molecule has 224 valence electrons. The van der Waals surface area contributed by atoms with E-state index in [4.69, 9.17) is 0 Å². The standard InChI is InChI=1S/2C20H17S.2ClH.Hf/c2*1-2-5-17-10-11-20(21-17)16-12-15-9-8-14-6-3-4-7-18(14)19(15)13-16;;;/h2*3-4,6-13H,2,5H2,1H3;2*1H;/q2*-1;;;+4/p-2. The molecule has 0 nitrogen and oxygen atoms in total. The minimum Gasteiger partial charge on any atom is -1.00 e. The number of rotatable bonds is 6. The molecule has 0 aliphatic heterocycles. The molecule has 8 rings (SSSR count). The molecular formula is C40H34Cl2HfS2. The van der Waals surface area contributed by atoms with E-state index in [1.54, 1.807) is 0 Å². The second kappa shape index (κ2) is 15.8. The molecule has 0 radical (unpaired) electrons. The van der Waals surface area contributed by atoms with Crippen LogP contribution in [0.25, 0.3) is 64.0 Å². The van der Waals surface area contributed by atoms with Gasteiger partial charge >= 0.3 is 25.8 Å². The topological polar surface area (TPSA) is 0 Å². The maximum Gasteiger partial charge on any atom is 4.00 e. The first-order chi connectivity index (χ1) is 20.7. The van der Waals surface area contributed by atoms with E-state index in [9.17, 15) is 0 Å². The van der Waals surface area contributed by atoms with Crippen LogP contribution in [0.5, 0.6) is 0 Å². The van der Waals surface area contributed by atoms with Gasteiger partial charge in [-0.3, -0.25) is 0 Å². The maximum absolute atomic E-state index is 2.35. The summed E-state index contributed by atoms with van der Waals surface area (Å²) < 4.78 is 0. The van der Waals surface area contributed by atoms with Crippen molar-refractivity contribution in [1.29, 1.82) is 0 Å². The summed E-state index contributed by atoms with van der Waals surface area (Å²) in [4.78, 5) is 5.75. The third-order valence-electron chi connectivity index (χ3n) is 8.12. The third-order valence-corrected chi connectivity index (χ3v) is 10.5. The number of thiophene rings is 2. The fourth-order valence-corrected chi connectivity index (χ4v) is 8.23.